The molecule has 1 saturated carbocycles. The standard InChI is InChI=1S/C25H23N3O4/c1-28(2)23(29)17-5-3-4-16(12-17)18-6-9-22(26-14-18)27-24(30)25(10-11-25)19-7-8-20-21(13-19)32-15-31-20/h3-9,12-14H,10-11,15H2,1-2H3,(H,26,27,30). The molecular formula is C25H23N3O4. The molecule has 0 bridgehead atoms. The van der Waals surface area contributed by atoms with Crippen molar-refractivity contribution >= 4 is 17.6 Å². The SMILES string of the molecule is CN(C)C(=O)c1cccc(-c2ccc(NC(=O)C3(c4ccc5c(c4)OCO5)CC3)nc2)c1. The summed E-state index contributed by atoms with van der Waals surface area (Å²) in [6.07, 6.45) is 3.27. The van der Waals surface area contributed by atoms with Gasteiger partial charge in [0.2, 0.25) is 12.7 Å². The van der Waals surface area contributed by atoms with Gasteiger partial charge in [-0.2, -0.15) is 0 Å². The van der Waals surface area contributed by atoms with E-state index in [1.165, 1.54) is 0 Å². The van der Waals surface area contributed by atoms with Crippen molar-refractivity contribution in [3.8, 4) is 22.6 Å². The molecule has 5 rings (SSSR count). The Morgan fingerprint density at radius 2 is 1.78 bits per heavy atom. The van der Waals surface area contributed by atoms with Crippen LogP contribution in [0.5, 0.6) is 11.5 Å². The predicted molar refractivity (Wildman–Crippen MR) is 120 cm³/mol. The summed E-state index contributed by atoms with van der Waals surface area (Å²) < 4.78 is 10.8. The van der Waals surface area contributed by atoms with Gasteiger partial charge in [-0.25, -0.2) is 4.98 Å². The van der Waals surface area contributed by atoms with E-state index in [1.54, 1.807) is 37.3 Å². The van der Waals surface area contributed by atoms with E-state index in [4.69, 9.17) is 9.47 Å². The fourth-order valence-electron chi connectivity index (χ4n) is 3.93. The molecule has 7 nitrogen and oxygen atoms in total. The number of anilines is 1. The molecule has 0 saturated heterocycles. The van der Waals surface area contributed by atoms with Crippen molar-refractivity contribution in [1.82, 2.24) is 9.88 Å². The minimum absolute atomic E-state index is 0.0538. The van der Waals surface area contributed by atoms with Crippen LogP contribution in [0.4, 0.5) is 5.82 Å². The lowest BCUT2D eigenvalue weighted by Crippen LogP contribution is -2.28. The van der Waals surface area contributed by atoms with Gasteiger partial charge in [0.1, 0.15) is 5.82 Å². The second-order valence-electron chi connectivity index (χ2n) is 8.32. The average Bonchev–Trinajstić information content (AvgIpc) is 3.50. The molecule has 1 aromatic heterocycles. The fraction of sp³-hybridized carbons (Fsp3) is 0.240. The Bertz CT molecular complexity index is 1200. The van der Waals surface area contributed by atoms with E-state index in [-0.39, 0.29) is 18.6 Å². The first kappa shape index (κ1) is 20.1. The summed E-state index contributed by atoms with van der Waals surface area (Å²) in [5, 5.41) is 2.95. The number of nitrogens with zero attached hydrogens (tertiary/aromatic N) is 2. The zero-order valence-electron chi connectivity index (χ0n) is 17.9. The number of ether oxygens (including phenoxy) is 2. The summed E-state index contributed by atoms with van der Waals surface area (Å²) in [6.45, 7) is 0.209. The Morgan fingerprint density at radius 3 is 2.50 bits per heavy atom. The van der Waals surface area contributed by atoms with Crippen molar-refractivity contribution in [3.63, 3.8) is 0 Å². The second-order valence-corrected chi connectivity index (χ2v) is 8.32. The van der Waals surface area contributed by atoms with Gasteiger partial charge in [0.05, 0.1) is 5.41 Å². The normalized spacial score (nSPS) is 15.2. The van der Waals surface area contributed by atoms with Crippen molar-refractivity contribution in [3.05, 3.63) is 71.9 Å². The van der Waals surface area contributed by atoms with Gasteiger partial charge in [-0.05, 0) is 60.4 Å². The van der Waals surface area contributed by atoms with Crippen LogP contribution in [0.2, 0.25) is 0 Å². The fourth-order valence-corrected chi connectivity index (χ4v) is 3.93. The molecule has 162 valence electrons. The monoisotopic (exact) mass is 429 g/mol. The van der Waals surface area contributed by atoms with Gasteiger partial charge in [-0.15, -0.1) is 0 Å². The number of carbonyl (C=O) groups is 2. The molecule has 2 aliphatic rings. The number of aromatic nitrogens is 1. The third kappa shape index (κ3) is 3.56. The van der Waals surface area contributed by atoms with E-state index in [0.29, 0.717) is 22.9 Å². The molecule has 0 radical (unpaired) electrons. The van der Waals surface area contributed by atoms with Gasteiger partial charge < -0.3 is 19.7 Å². The van der Waals surface area contributed by atoms with E-state index in [2.05, 4.69) is 10.3 Å². The Balaban J connectivity index is 1.32. The second kappa shape index (κ2) is 7.67. The number of hydrogen-bond donors (Lipinski definition) is 1. The van der Waals surface area contributed by atoms with Crippen LogP contribution in [0.15, 0.2) is 60.8 Å². The van der Waals surface area contributed by atoms with Gasteiger partial charge in [-0.3, -0.25) is 9.59 Å². The van der Waals surface area contributed by atoms with Crippen molar-refractivity contribution in [1.29, 1.82) is 0 Å². The maximum absolute atomic E-state index is 13.1. The molecule has 2 amide bonds. The Hall–Kier alpha value is -3.87. The first-order valence-corrected chi connectivity index (χ1v) is 10.5. The summed E-state index contributed by atoms with van der Waals surface area (Å²) >= 11 is 0. The summed E-state index contributed by atoms with van der Waals surface area (Å²) in [6, 6.07) is 16.8. The molecule has 0 spiro atoms. The Morgan fingerprint density at radius 1 is 0.969 bits per heavy atom. The maximum atomic E-state index is 13.1. The van der Waals surface area contributed by atoms with E-state index in [9.17, 15) is 9.59 Å². The topological polar surface area (TPSA) is 80.8 Å². The van der Waals surface area contributed by atoms with Crippen LogP contribution in [0.1, 0.15) is 28.8 Å². The van der Waals surface area contributed by atoms with Gasteiger partial charge in [0.15, 0.2) is 11.5 Å². The number of hydrogen-bond acceptors (Lipinski definition) is 5. The molecule has 1 N–H and O–H groups in total. The zero-order chi connectivity index (χ0) is 22.3. The summed E-state index contributed by atoms with van der Waals surface area (Å²) in [7, 11) is 3.45. The third-order valence-corrected chi connectivity index (χ3v) is 5.96. The van der Waals surface area contributed by atoms with Crippen molar-refractivity contribution in [2.45, 2.75) is 18.3 Å². The lowest BCUT2D eigenvalue weighted by Gasteiger charge is -2.16. The quantitative estimate of drug-likeness (QED) is 0.666. The molecular weight excluding hydrogens is 406 g/mol. The van der Waals surface area contributed by atoms with E-state index in [0.717, 1.165) is 29.5 Å². The molecule has 0 atom stereocenters. The van der Waals surface area contributed by atoms with Crippen LogP contribution in [-0.4, -0.2) is 42.6 Å². The summed E-state index contributed by atoms with van der Waals surface area (Å²) in [4.78, 5) is 31.3. The third-order valence-electron chi connectivity index (χ3n) is 5.96. The maximum Gasteiger partial charge on any atom is 0.253 e. The smallest absolute Gasteiger partial charge is 0.253 e. The zero-order valence-corrected chi connectivity index (χ0v) is 17.9. The van der Waals surface area contributed by atoms with Crippen molar-refractivity contribution in [2.75, 3.05) is 26.2 Å². The lowest BCUT2D eigenvalue weighted by molar-refractivity contribution is -0.118. The highest BCUT2D eigenvalue weighted by Gasteiger charge is 2.51. The highest BCUT2D eigenvalue weighted by atomic mass is 16.7. The average molecular weight is 429 g/mol. The number of amides is 2. The summed E-state index contributed by atoms with van der Waals surface area (Å²) in [5.74, 6) is 1.75. The van der Waals surface area contributed by atoms with E-state index in [1.807, 2.05) is 42.5 Å². The lowest BCUT2D eigenvalue weighted by atomic mass is 9.94. The molecule has 1 aliphatic heterocycles. The number of pyridine rings is 1. The van der Waals surface area contributed by atoms with Crippen LogP contribution < -0.4 is 14.8 Å². The van der Waals surface area contributed by atoms with Gasteiger partial charge in [0, 0.05) is 31.4 Å². The molecule has 1 aliphatic carbocycles. The van der Waals surface area contributed by atoms with Crippen LogP contribution in [0, 0.1) is 0 Å². The molecule has 2 heterocycles. The van der Waals surface area contributed by atoms with Crippen molar-refractivity contribution < 1.29 is 19.1 Å². The largest absolute Gasteiger partial charge is 0.454 e. The molecule has 0 unspecified atom stereocenters. The molecule has 7 heteroatoms. The molecule has 2 aromatic carbocycles. The number of fused-ring (bicyclic) bond motifs is 1. The number of benzene rings is 2. The van der Waals surface area contributed by atoms with Gasteiger partial charge in [0.25, 0.3) is 5.91 Å². The Kier molecular flexibility index (Phi) is 4.81. The van der Waals surface area contributed by atoms with Crippen LogP contribution >= 0.6 is 0 Å². The molecule has 1 fully saturated rings. The van der Waals surface area contributed by atoms with Crippen LogP contribution in [-0.2, 0) is 10.2 Å². The first-order valence-electron chi connectivity index (χ1n) is 10.5. The van der Waals surface area contributed by atoms with Crippen LogP contribution in [0.3, 0.4) is 0 Å². The minimum Gasteiger partial charge on any atom is -0.454 e. The highest BCUT2D eigenvalue weighted by molar-refractivity contribution is 6.01. The number of rotatable bonds is 5. The van der Waals surface area contributed by atoms with Crippen molar-refractivity contribution in [2.24, 2.45) is 0 Å². The van der Waals surface area contributed by atoms with Gasteiger partial charge in [-0.1, -0.05) is 18.2 Å². The molecule has 32 heavy (non-hydrogen) atoms. The first-order chi connectivity index (χ1) is 15.5. The predicted octanol–water partition coefficient (Wildman–Crippen LogP) is 3.85. The summed E-state index contributed by atoms with van der Waals surface area (Å²) in [5.41, 5.74) is 2.75. The highest BCUT2D eigenvalue weighted by Crippen LogP contribution is 2.51. The van der Waals surface area contributed by atoms with Crippen LogP contribution in [0.25, 0.3) is 11.1 Å². The Labute approximate surface area is 186 Å². The number of carbonyl (C=O) groups excluding carboxylic acids is 2. The van der Waals surface area contributed by atoms with Gasteiger partial charge >= 0.3 is 0 Å². The minimum atomic E-state index is -0.553. The number of nitrogens with one attached hydrogen (secondary N) is 1. The van der Waals surface area contributed by atoms with E-state index >= 15 is 0 Å². The van der Waals surface area contributed by atoms with E-state index < -0.39 is 5.41 Å². The molecule has 3 aromatic rings.